The third-order valence-corrected chi connectivity index (χ3v) is 5.76. The molecule has 0 heterocycles. The van der Waals surface area contributed by atoms with Gasteiger partial charge in [-0.15, -0.1) is 0 Å². The number of nitriles is 1. The molecule has 0 aliphatic heterocycles. The Balaban J connectivity index is 0.000000166. The molecule has 0 atom stereocenters. The largest absolute Gasteiger partial charge is 0.389 e. The van der Waals surface area contributed by atoms with E-state index in [4.69, 9.17) is 23.2 Å². The van der Waals surface area contributed by atoms with Crippen LogP contribution in [-0.2, 0) is 0 Å². The number of nitrogens with two attached hydrogens (primary N) is 1. The monoisotopic (exact) mass is 406 g/mol. The normalized spacial score (nSPS) is 15.8. The topological polar surface area (TPSA) is 73.9 Å². The first kappa shape index (κ1) is 21.1. The van der Waals surface area contributed by atoms with Gasteiger partial charge >= 0.3 is 0 Å². The molecule has 5 heteroatoms. The van der Waals surface area contributed by atoms with Crippen LogP contribution in [0, 0.1) is 25.2 Å². The van der Waals surface area contributed by atoms with Crippen molar-refractivity contribution in [3.8, 4) is 6.07 Å². The molecule has 0 unspecified atom stereocenters. The Morgan fingerprint density at radius 3 is 1.86 bits per heavy atom. The molecule has 2 aromatic rings. The summed E-state index contributed by atoms with van der Waals surface area (Å²) in [6, 6.07) is 15.6. The number of nitrogens with one attached hydrogen (secondary N) is 2. The van der Waals surface area contributed by atoms with Crippen LogP contribution in [0.4, 0.5) is 11.4 Å². The van der Waals surface area contributed by atoms with Gasteiger partial charge in [0.15, 0.2) is 0 Å². The van der Waals surface area contributed by atoms with Gasteiger partial charge in [-0.3, -0.25) is 0 Å². The van der Waals surface area contributed by atoms with E-state index in [1.54, 1.807) is 0 Å². The van der Waals surface area contributed by atoms with Gasteiger partial charge in [-0.25, -0.2) is 0 Å². The molecule has 0 spiro atoms. The zero-order valence-corrected chi connectivity index (χ0v) is 18.1. The molecule has 4 nitrogen and oxygen atoms in total. The molecule has 0 saturated heterocycles. The standard InChI is InChI=1S/C12H16N2S.C12H14N2/c1-8-5-9(12(13)15)7-11(6-8)14-10-3-2-4-10;1-9-5-10(8-13)7-12(6-9)14-11-3-2-4-11/h5-7,10,14H,2-4H2,1H3,(H2,13,15);5-7,11,14H,2-4H2,1H3. The van der Waals surface area contributed by atoms with Crippen LogP contribution in [0.25, 0.3) is 0 Å². The fourth-order valence-electron chi connectivity index (χ4n) is 3.52. The van der Waals surface area contributed by atoms with Crippen molar-refractivity contribution in [2.75, 3.05) is 10.6 Å². The maximum atomic E-state index is 8.81. The van der Waals surface area contributed by atoms with Crippen LogP contribution in [0.3, 0.4) is 0 Å². The zero-order valence-electron chi connectivity index (χ0n) is 17.3. The van der Waals surface area contributed by atoms with Gasteiger partial charge < -0.3 is 16.4 Å². The smallest absolute Gasteiger partial charge is 0.104 e. The highest BCUT2D eigenvalue weighted by Crippen LogP contribution is 2.25. The first-order valence-corrected chi connectivity index (χ1v) is 10.8. The van der Waals surface area contributed by atoms with Gasteiger partial charge in [0.1, 0.15) is 4.99 Å². The summed E-state index contributed by atoms with van der Waals surface area (Å²) < 4.78 is 0. The molecule has 2 fully saturated rings. The van der Waals surface area contributed by atoms with E-state index in [0.717, 1.165) is 28.1 Å². The Labute approximate surface area is 179 Å². The highest BCUT2D eigenvalue weighted by atomic mass is 32.1. The predicted octanol–water partition coefficient (Wildman–Crippen LogP) is 5.42. The van der Waals surface area contributed by atoms with Crippen molar-refractivity contribution >= 4 is 28.6 Å². The second-order valence-corrected chi connectivity index (χ2v) is 8.64. The molecule has 2 aromatic carbocycles. The number of anilines is 2. The summed E-state index contributed by atoms with van der Waals surface area (Å²) in [5.74, 6) is 0. The van der Waals surface area contributed by atoms with Crippen LogP contribution >= 0.6 is 12.2 Å². The number of aryl methyl sites for hydroxylation is 2. The number of hydrogen-bond acceptors (Lipinski definition) is 4. The summed E-state index contributed by atoms with van der Waals surface area (Å²) in [6.45, 7) is 4.08. The molecular formula is C24H30N4S. The first-order chi connectivity index (χ1) is 13.9. The van der Waals surface area contributed by atoms with Crippen LogP contribution in [0.1, 0.15) is 60.8 Å². The summed E-state index contributed by atoms with van der Waals surface area (Å²) in [6.07, 6.45) is 7.73. The van der Waals surface area contributed by atoms with Crippen molar-refractivity contribution in [3.63, 3.8) is 0 Å². The van der Waals surface area contributed by atoms with Gasteiger partial charge in [-0.1, -0.05) is 12.2 Å². The molecule has 0 aromatic heterocycles. The lowest BCUT2D eigenvalue weighted by Gasteiger charge is -2.27. The summed E-state index contributed by atoms with van der Waals surface area (Å²) >= 11 is 4.99. The predicted molar refractivity (Wildman–Crippen MR) is 125 cm³/mol. The van der Waals surface area contributed by atoms with Crippen LogP contribution in [-0.4, -0.2) is 17.1 Å². The van der Waals surface area contributed by atoms with Gasteiger partial charge in [-0.2, -0.15) is 5.26 Å². The second kappa shape index (κ2) is 9.76. The molecule has 2 aliphatic carbocycles. The SMILES string of the molecule is Cc1cc(C#N)cc(NC2CCC2)c1.Cc1cc(NC2CCC2)cc(C(N)=S)c1. The number of nitrogens with zero attached hydrogens (tertiary/aromatic N) is 1. The van der Waals surface area contributed by atoms with E-state index in [-0.39, 0.29) is 0 Å². The molecule has 29 heavy (non-hydrogen) atoms. The lowest BCUT2D eigenvalue weighted by molar-refractivity contribution is 0.445. The molecule has 2 saturated carbocycles. The van der Waals surface area contributed by atoms with E-state index in [0.29, 0.717) is 17.1 Å². The van der Waals surface area contributed by atoms with Crippen LogP contribution in [0.5, 0.6) is 0 Å². The van der Waals surface area contributed by atoms with E-state index < -0.39 is 0 Å². The molecule has 2 aliphatic rings. The minimum absolute atomic E-state index is 0.468. The molecule has 152 valence electrons. The van der Waals surface area contributed by atoms with Crippen LogP contribution in [0.15, 0.2) is 36.4 Å². The molecule has 4 rings (SSSR count). The Morgan fingerprint density at radius 2 is 1.41 bits per heavy atom. The van der Waals surface area contributed by atoms with Crippen LogP contribution in [0.2, 0.25) is 0 Å². The Bertz CT molecular complexity index is 908. The van der Waals surface area contributed by atoms with Crippen molar-refractivity contribution in [3.05, 3.63) is 58.7 Å². The third kappa shape index (κ3) is 6.20. The summed E-state index contributed by atoms with van der Waals surface area (Å²) in [7, 11) is 0. The number of hydrogen-bond donors (Lipinski definition) is 3. The minimum Gasteiger partial charge on any atom is -0.389 e. The van der Waals surface area contributed by atoms with Crippen molar-refractivity contribution in [2.24, 2.45) is 5.73 Å². The molecular weight excluding hydrogens is 376 g/mol. The van der Waals surface area contributed by atoms with Gasteiger partial charge in [0, 0.05) is 29.0 Å². The maximum absolute atomic E-state index is 8.81. The third-order valence-electron chi connectivity index (χ3n) is 5.52. The number of thiocarbonyl (C=S) groups is 1. The van der Waals surface area contributed by atoms with Gasteiger partial charge in [-0.05, 0) is 99.9 Å². The summed E-state index contributed by atoms with van der Waals surface area (Å²) in [5.41, 5.74) is 11.9. The fourth-order valence-corrected chi connectivity index (χ4v) is 3.63. The highest BCUT2D eigenvalue weighted by Gasteiger charge is 2.17. The summed E-state index contributed by atoms with van der Waals surface area (Å²) in [5, 5.41) is 15.8. The van der Waals surface area contributed by atoms with E-state index in [1.807, 2.05) is 31.2 Å². The van der Waals surface area contributed by atoms with E-state index in [9.17, 15) is 0 Å². The van der Waals surface area contributed by atoms with Gasteiger partial charge in [0.05, 0.1) is 11.6 Å². The quantitative estimate of drug-likeness (QED) is 0.578. The Morgan fingerprint density at radius 1 is 0.897 bits per heavy atom. The Hall–Kier alpha value is -2.58. The van der Waals surface area contributed by atoms with E-state index in [2.05, 4.69) is 35.8 Å². The number of rotatable bonds is 5. The van der Waals surface area contributed by atoms with Crippen molar-refractivity contribution in [1.29, 1.82) is 5.26 Å². The van der Waals surface area contributed by atoms with Gasteiger partial charge in [0.25, 0.3) is 0 Å². The average Bonchev–Trinajstić information content (AvgIpc) is 2.61. The fraction of sp³-hybridized carbons (Fsp3) is 0.417. The van der Waals surface area contributed by atoms with E-state index >= 15 is 0 Å². The molecule has 4 N–H and O–H groups in total. The number of benzene rings is 2. The van der Waals surface area contributed by atoms with E-state index in [1.165, 1.54) is 44.1 Å². The molecule has 0 radical (unpaired) electrons. The highest BCUT2D eigenvalue weighted by molar-refractivity contribution is 7.80. The Kier molecular flexibility index (Phi) is 7.11. The lowest BCUT2D eigenvalue weighted by atomic mass is 9.93. The van der Waals surface area contributed by atoms with Crippen molar-refractivity contribution in [2.45, 2.75) is 64.5 Å². The van der Waals surface area contributed by atoms with Crippen LogP contribution < -0.4 is 16.4 Å². The first-order valence-electron chi connectivity index (χ1n) is 10.4. The molecule has 0 bridgehead atoms. The van der Waals surface area contributed by atoms with Crippen molar-refractivity contribution in [1.82, 2.24) is 0 Å². The van der Waals surface area contributed by atoms with Crippen molar-refractivity contribution < 1.29 is 0 Å². The second-order valence-electron chi connectivity index (χ2n) is 8.20. The minimum atomic E-state index is 0.468. The molecule has 0 amide bonds. The maximum Gasteiger partial charge on any atom is 0.104 e. The summed E-state index contributed by atoms with van der Waals surface area (Å²) in [4.78, 5) is 0.468. The average molecular weight is 407 g/mol. The zero-order chi connectivity index (χ0) is 20.8. The van der Waals surface area contributed by atoms with Gasteiger partial charge in [0.2, 0.25) is 0 Å². The lowest BCUT2D eigenvalue weighted by Crippen LogP contribution is -2.27.